The lowest BCUT2D eigenvalue weighted by molar-refractivity contribution is -0.128. The number of nitrogens with one attached hydrogen (secondary N) is 1. The van der Waals surface area contributed by atoms with E-state index in [1.54, 1.807) is 29.4 Å². The van der Waals surface area contributed by atoms with Crippen LogP contribution in [-0.4, -0.2) is 57.9 Å². The van der Waals surface area contributed by atoms with Crippen LogP contribution in [-0.2, 0) is 22.6 Å². The lowest BCUT2D eigenvalue weighted by atomic mass is 10.1. The molecule has 8 heteroatoms. The highest BCUT2D eigenvalue weighted by atomic mass is 16.6. The highest BCUT2D eigenvalue weighted by molar-refractivity contribution is 5.94. The van der Waals surface area contributed by atoms with Crippen LogP contribution in [0.4, 0.5) is 4.79 Å². The van der Waals surface area contributed by atoms with E-state index in [9.17, 15) is 14.4 Å². The van der Waals surface area contributed by atoms with Crippen molar-refractivity contribution < 1.29 is 19.1 Å². The number of ether oxygens (including phenoxy) is 1. The third-order valence-corrected chi connectivity index (χ3v) is 5.40. The number of benzene rings is 1. The van der Waals surface area contributed by atoms with E-state index in [0.717, 1.165) is 24.1 Å². The molecule has 0 atom stereocenters. The van der Waals surface area contributed by atoms with Crippen molar-refractivity contribution in [1.29, 1.82) is 0 Å². The molecule has 0 radical (unpaired) electrons. The van der Waals surface area contributed by atoms with E-state index in [-0.39, 0.29) is 11.8 Å². The van der Waals surface area contributed by atoms with Gasteiger partial charge in [-0.25, -0.2) is 4.79 Å². The Bertz CT molecular complexity index is 971. The van der Waals surface area contributed by atoms with Crippen molar-refractivity contribution in [2.45, 2.75) is 58.7 Å². The van der Waals surface area contributed by atoms with Gasteiger partial charge in [0.1, 0.15) is 5.60 Å². The molecular formula is C26H34N4O4. The van der Waals surface area contributed by atoms with Crippen LogP contribution < -0.4 is 5.32 Å². The molecular weight excluding hydrogens is 432 g/mol. The van der Waals surface area contributed by atoms with Gasteiger partial charge in [0.2, 0.25) is 5.91 Å². The molecule has 3 amide bonds. The smallest absolute Gasteiger partial charge is 0.410 e. The minimum absolute atomic E-state index is 0.167. The zero-order valence-corrected chi connectivity index (χ0v) is 20.3. The van der Waals surface area contributed by atoms with Crippen LogP contribution in [0.3, 0.4) is 0 Å². The average Bonchev–Trinajstić information content (AvgIpc) is 3.20. The van der Waals surface area contributed by atoms with Crippen molar-refractivity contribution in [1.82, 2.24) is 20.1 Å². The first kappa shape index (κ1) is 25.2. The molecule has 2 aromatic rings. The van der Waals surface area contributed by atoms with Gasteiger partial charge >= 0.3 is 6.09 Å². The number of pyridine rings is 1. The Morgan fingerprint density at radius 2 is 1.91 bits per heavy atom. The number of nitrogens with zero attached hydrogens (tertiary/aromatic N) is 3. The van der Waals surface area contributed by atoms with Crippen LogP contribution in [0.5, 0.6) is 0 Å². The molecule has 0 aliphatic carbocycles. The van der Waals surface area contributed by atoms with Crippen LogP contribution in [0.1, 0.15) is 61.5 Å². The van der Waals surface area contributed by atoms with Crippen LogP contribution in [0.2, 0.25) is 0 Å². The number of amides is 3. The zero-order valence-electron chi connectivity index (χ0n) is 20.3. The SMILES string of the molecule is CC(C)(C)OC(=O)N(CCCNC(=O)c1ccc(CN2CCCC2=O)cc1)Cc1cccnc1. The normalized spacial score (nSPS) is 13.6. The van der Waals surface area contributed by atoms with E-state index in [1.165, 1.54) is 0 Å². The molecule has 1 N–H and O–H groups in total. The lowest BCUT2D eigenvalue weighted by Gasteiger charge is -2.27. The Kier molecular flexibility index (Phi) is 8.62. The summed E-state index contributed by atoms with van der Waals surface area (Å²) in [4.78, 5) is 44.5. The van der Waals surface area contributed by atoms with Gasteiger partial charge in [0.25, 0.3) is 5.91 Å². The number of carbonyl (C=O) groups is 3. The Morgan fingerprint density at radius 3 is 2.53 bits per heavy atom. The highest BCUT2D eigenvalue weighted by Crippen LogP contribution is 2.15. The largest absolute Gasteiger partial charge is 0.444 e. The van der Waals surface area contributed by atoms with Gasteiger partial charge in [0.15, 0.2) is 0 Å². The summed E-state index contributed by atoms with van der Waals surface area (Å²) in [5.41, 5.74) is 1.89. The summed E-state index contributed by atoms with van der Waals surface area (Å²) in [5.74, 6) is 0.0191. The predicted molar refractivity (Wildman–Crippen MR) is 129 cm³/mol. The first-order valence-electron chi connectivity index (χ1n) is 11.7. The van der Waals surface area contributed by atoms with Crippen LogP contribution in [0.25, 0.3) is 0 Å². The summed E-state index contributed by atoms with van der Waals surface area (Å²) < 4.78 is 5.54. The second-order valence-electron chi connectivity index (χ2n) is 9.49. The van der Waals surface area contributed by atoms with E-state index in [1.807, 2.05) is 49.9 Å². The summed E-state index contributed by atoms with van der Waals surface area (Å²) in [5, 5.41) is 2.91. The molecule has 1 aromatic heterocycles. The van der Waals surface area contributed by atoms with E-state index < -0.39 is 11.7 Å². The van der Waals surface area contributed by atoms with Gasteiger partial charge in [0.05, 0.1) is 6.54 Å². The molecule has 0 bridgehead atoms. The molecule has 1 saturated heterocycles. The molecule has 2 heterocycles. The van der Waals surface area contributed by atoms with Gasteiger partial charge in [-0.15, -0.1) is 0 Å². The average molecular weight is 467 g/mol. The molecule has 0 unspecified atom stereocenters. The van der Waals surface area contributed by atoms with Gasteiger partial charge in [-0.1, -0.05) is 18.2 Å². The predicted octanol–water partition coefficient (Wildman–Crippen LogP) is 3.76. The van der Waals surface area contributed by atoms with E-state index in [0.29, 0.717) is 44.6 Å². The Morgan fingerprint density at radius 1 is 1.15 bits per heavy atom. The first-order chi connectivity index (χ1) is 16.2. The van der Waals surface area contributed by atoms with E-state index >= 15 is 0 Å². The summed E-state index contributed by atoms with van der Waals surface area (Å²) in [6, 6.07) is 11.1. The maximum Gasteiger partial charge on any atom is 0.410 e. The van der Waals surface area contributed by atoms with Crippen molar-refractivity contribution >= 4 is 17.9 Å². The standard InChI is InChI=1S/C26H34N4O4/c1-26(2,3)34-25(33)30(19-21-7-4-13-27-17-21)16-6-14-28-24(32)22-11-9-20(10-12-22)18-29-15-5-8-23(29)31/h4,7,9-13,17H,5-6,8,14-16,18-19H2,1-3H3,(H,28,32). The summed E-state index contributed by atoms with van der Waals surface area (Å²) in [7, 11) is 0. The molecule has 0 saturated carbocycles. The number of aromatic nitrogens is 1. The number of likely N-dealkylation sites (tertiary alicyclic amines) is 1. The van der Waals surface area contributed by atoms with Gasteiger partial charge in [0, 0.05) is 50.6 Å². The molecule has 8 nitrogen and oxygen atoms in total. The minimum Gasteiger partial charge on any atom is -0.444 e. The monoisotopic (exact) mass is 466 g/mol. The van der Waals surface area contributed by atoms with Crippen molar-refractivity contribution in [3.63, 3.8) is 0 Å². The molecule has 1 aromatic carbocycles. The van der Waals surface area contributed by atoms with Crippen molar-refractivity contribution in [3.05, 3.63) is 65.5 Å². The minimum atomic E-state index is -0.591. The number of rotatable bonds is 9. The molecule has 182 valence electrons. The van der Waals surface area contributed by atoms with E-state index in [4.69, 9.17) is 4.74 Å². The van der Waals surface area contributed by atoms with Crippen molar-refractivity contribution in [2.75, 3.05) is 19.6 Å². The Labute approximate surface area is 201 Å². The van der Waals surface area contributed by atoms with Crippen molar-refractivity contribution in [3.8, 4) is 0 Å². The summed E-state index contributed by atoms with van der Waals surface area (Å²) in [6.07, 6.45) is 5.13. The molecule has 34 heavy (non-hydrogen) atoms. The van der Waals surface area contributed by atoms with E-state index in [2.05, 4.69) is 10.3 Å². The van der Waals surface area contributed by atoms with Crippen LogP contribution in [0.15, 0.2) is 48.8 Å². The van der Waals surface area contributed by atoms with Gasteiger partial charge < -0.3 is 19.9 Å². The third-order valence-electron chi connectivity index (χ3n) is 5.40. The van der Waals surface area contributed by atoms with Gasteiger partial charge in [-0.3, -0.25) is 14.6 Å². The fourth-order valence-electron chi connectivity index (χ4n) is 3.70. The maximum atomic E-state index is 12.7. The topological polar surface area (TPSA) is 91.8 Å². The molecule has 1 fully saturated rings. The maximum absolute atomic E-state index is 12.7. The third kappa shape index (κ3) is 7.86. The lowest BCUT2D eigenvalue weighted by Crippen LogP contribution is -2.38. The highest BCUT2D eigenvalue weighted by Gasteiger charge is 2.22. The zero-order chi connectivity index (χ0) is 24.6. The number of hydrogen-bond acceptors (Lipinski definition) is 5. The molecule has 1 aliphatic heterocycles. The van der Waals surface area contributed by atoms with Crippen LogP contribution >= 0.6 is 0 Å². The summed E-state index contributed by atoms with van der Waals surface area (Å²) >= 11 is 0. The number of carbonyl (C=O) groups excluding carboxylic acids is 3. The molecule has 3 rings (SSSR count). The van der Waals surface area contributed by atoms with Crippen LogP contribution in [0, 0.1) is 0 Å². The quantitative estimate of drug-likeness (QED) is 0.568. The fourth-order valence-corrected chi connectivity index (χ4v) is 3.70. The number of hydrogen-bond donors (Lipinski definition) is 1. The first-order valence-corrected chi connectivity index (χ1v) is 11.7. The molecule has 0 spiro atoms. The van der Waals surface area contributed by atoms with Crippen molar-refractivity contribution in [2.24, 2.45) is 0 Å². The Balaban J connectivity index is 1.48. The second-order valence-corrected chi connectivity index (χ2v) is 9.49. The van der Waals surface area contributed by atoms with Gasteiger partial charge in [-0.2, -0.15) is 0 Å². The molecule has 1 aliphatic rings. The van der Waals surface area contributed by atoms with Gasteiger partial charge in [-0.05, 0) is 62.9 Å². The summed E-state index contributed by atoms with van der Waals surface area (Å²) in [6.45, 7) is 8.13. The fraction of sp³-hybridized carbons (Fsp3) is 0.462. The second kappa shape index (κ2) is 11.6. The Hall–Kier alpha value is -3.42.